The molecule has 6 heteroatoms. The van der Waals surface area contributed by atoms with E-state index in [0.29, 0.717) is 17.6 Å². The van der Waals surface area contributed by atoms with Gasteiger partial charge in [-0.25, -0.2) is 4.68 Å². The Bertz CT molecular complexity index is 590. The predicted octanol–water partition coefficient (Wildman–Crippen LogP) is 3.05. The molecule has 1 aromatic carbocycles. The van der Waals surface area contributed by atoms with Gasteiger partial charge in [-0.1, -0.05) is 22.4 Å². The van der Waals surface area contributed by atoms with Crippen molar-refractivity contribution in [1.82, 2.24) is 20.2 Å². The summed E-state index contributed by atoms with van der Waals surface area (Å²) in [6, 6.07) is 6.02. The third-order valence-electron chi connectivity index (χ3n) is 3.94. The van der Waals surface area contributed by atoms with Crippen molar-refractivity contribution in [2.75, 3.05) is 5.73 Å². The van der Waals surface area contributed by atoms with Gasteiger partial charge in [0.25, 0.3) is 0 Å². The standard InChI is InChI=1S/C13H16BrN5/c1-8(9-3-2-4-9)19-13(16-17-18-19)11-7-10(15)5-6-12(11)14/h5-9H,2-4,15H2,1H3. The SMILES string of the molecule is CC(C1CCC1)n1nnnc1-c1cc(N)ccc1Br. The summed E-state index contributed by atoms with van der Waals surface area (Å²) in [6.45, 7) is 2.18. The molecule has 0 bridgehead atoms. The molecule has 19 heavy (non-hydrogen) atoms. The van der Waals surface area contributed by atoms with E-state index in [1.165, 1.54) is 19.3 Å². The summed E-state index contributed by atoms with van der Waals surface area (Å²) in [7, 11) is 0. The minimum atomic E-state index is 0.326. The summed E-state index contributed by atoms with van der Waals surface area (Å²) in [5.41, 5.74) is 7.51. The molecule has 1 unspecified atom stereocenters. The van der Waals surface area contributed by atoms with E-state index in [2.05, 4.69) is 38.4 Å². The van der Waals surface area contributed by atoms with E-state index in [4.69, 9.17) is 5.73 Å². The Morgan fingerprint density at radius 3 is 2.89 bits per heavy atom. The average Bonchev–Trinajstić information content (AvgIpc) is 2.78. The van der Waals surface area contributed by atoms with Crippen LogP contribution in [0.3, 0.4) is 0 Å². The summed E-state index contributed by atoms with van der Waals surface area (Å²) in [6.07, 6.45) is 3.84. The summed E-state index contributed by atoms with van der Waals surface area (Å²) < 4.78 is 2.88. The lowest BCUT2D eigenvalue weighted by molar-refractivity contribution is 0.210. The number of nitrogens with zero attached hydrogens (tertiary/aromatic N) is 4. The molecule has 1 fully saturated rings. The van der Waals surface area contributed by atoms with Gasteiger partial charge in [-0.3, -0.25) is 0 Å². The summed E-state index contributed by atoms with van der Waals surface area (Å²) in [5, 5.41) is 12.2. The number of nitrogen functional groups attached to an aromatic ring is 1. The molecular formula is C13H16BrN5. The molecule has 0 amide bonds. The van der Waals surface area contributed by atoms with Crippen LogP contribution in [-0.4, -0.2) is 20.2 Å². The van der Waals surface area contributed by atoms with Crippen molar-refractivity contribution >= 4 is 21.6 Å². The molecule has 1 aliphatic rings. The molecule has 1 aliphatic carbocycles. The van der Waals surface area contributed by atoms with Gasteiger partial charge in [-0.15, -0.1) is 5.10 Å². The van der Waals surface area contributed by atoms with Gasteiger partial charge in [-0.05, 0) is 54.3 Å². The van der Waals surface area contributed by atoms with Crippen LogP contribution in [0.4, 0.5) is 5.69 Å². The van der Waals surface area contributed by atoms with Crippen LogP contribution in [0.15, 0.2) is 22.7 Å². The molecule has 0 saturated heterocycles. The first-order valence-electron chi connectivity index (χ1n) is 6.50. The van der Waals surface area contributed by atoms with Crippen LogP contribution in [-0.2, 0) is 0 Å². The molecule has 0 aliphatic heterocycles. The topological polar surface area (TPSA) is 69.6 Å². The number of hydrogen-bond donors (Lipinski definition) is 1. The molecular weight excluding hydrogens is 306 g/mol. The van der Waals surface area contributed by atoms with E-state index in [9.17, 15) is 0 Å². The zero-order valence-electron chi connectivity index (χ0n) is 10.8. The minimum Gasteiger partial charge on any atom is -0.399 e. The fourth-order valence-corrected chi connectivity index (χ4v) is 2.91. The van der Waals surface area contributed by atoms with E-state index in [1.54, 1.807) is 0 Å². The second-order valence-electron chi connectivity index (χ2n) is 5.12. The van der Waals surface area contributed by atoms with Crippen LogP contribution in [0.25, 0.3) is 11.4 Å². The first-order chi connectivity index (χ1) is 9.16. The van der Waals surface area contributed by atoms with Gasteiger partial charge in [0.2, 0.25) is 0 Å². The number of anilines is 1. The molecule has 100 valence electrons. The maximum absolute atomic E-state index is 5.86. The quantitative estimate of drug-likeness (QED) is 0.882. The van der Waals surface area contributed by atoms with Gasteiger partial charge in [0.15, 0.2) is 5.82 Å². The number of nitrogens with two attached hydrogens (primary N) is 1. The van der Waals surface area contributed by atoms with Crippen molar-refractivity contribution in [3.8, 4) is 11.4 Å². The first kappa shape index (κ1) is 12.6. The second-order valence-corrected chi connectivity index (χ2v) is 5.97. The van der Waals surface area contributed by atoms with Crippen LogP contribution in [0, 0.1) is 5.92 Å². The maximum Gasteiger partial charge on any atom is 0.183 e. The third-order valence-corrected chi connectivity index (χ3v) is 4.63. The Morgan fingerprint density at radius 1 is 1.42 bits per heavy atom. The largest absolute Gasteiger partial charge is 0.399 e. The van der Waals surface area contributed by atoms with Crippen LogP contribution < -0.4 is 5.73 Å². The molecule has 1 heterocycles. The lowest BCUT2D eigenvalue weighted by Crippen LogP contribution is -2.24. The van der Waals surface area contributed by atoms with E-state index < -0.39 is 0 Å². The predicted molar refractivity (Wildman–Crippen MR) is 77.4 cm³/mol. The first-order valence-corrected chi connectivity index (χ1v) is 7.29. The monoisotopic (exact) mass is 321 g/mol. The van der Waals surface area contributed by atoms with Crippen molar-refractivity contribution in [3.63, 3.8) is 0 Å². The molecule has 3 rings (SSSR count). The molecule has 1 atom stereocenters. The maximum atomic E-state index is 5.86. The van der Waals surface area contributed by atoms with E-state index in [-0.39, 0.29) is 0 Å². The van der Waals surface area contributed by atoms with Crippen LogP contribution in [0.2, 0.25) is 0 Å². The van der Waals surface area contributed by atoms with Gasteiger partial charge < -0.3 is 5.73 Å². The molecule has 0 radical (unpaired) electrons. The summed E-state index contributed by atoms with van der Waals surface area (Å²) in [5.74, 6) is 1.46. The minimum absolute atomic E-state index is 0.326. The zero-order valence-corrected chi connectivity index (χ0v) is 12.3. The number of aromatic nitrogens is 4. The number of hydrogen-bond acceptors (Lipinski definition) is 4. The van der Waals surface area contributed by atoms with E-state index in [1.807, 2.05) is 22.9 Å². The fraction of sp³-hybridized carbons (Fsp3) is 0.462. The van der Waals surface area contributed by atoms with E-state index in [0.717, 1.165) is 15.9 Å². The number of tetrazole rings is 1. The van der Waals surface area contributed by atoms with Crippen molar-refractivity contribution in [2.24, 2.45) is 5.92 Å². The van der Waals surface area contributed by atoms with Crippen LogP contribution in [0.5, 0.6) is 0 Å². The molecule has 0 spiro atoms. The summed E-state index contributed by atoms with van der Waals surface area (Å²) >= 11 is 3.54. The molecule has 5 nitrogen and oxygen atoms in total. The highest BCUT2D eigenvalue weighted by molar-refractivity contribution is 9.10. The number of halogens is 1. The lowest BCUT2D eigenvalue weighted by atomic mass is 9.80. The lowest BCUT2D eigenvalue weighted by Gasteiger charge is -2.31. The molecule has 1 saturated carbocycles. The Morgan fingerprint density at radius 2 is 2.21 bits per heavy atom. The van der Waals surface area contributed by atoms with Crippen molar-refractivity contribution in [1.29, 1.82) is 0 Å². The smallest absolute Gasteiger partial charge is 0.183 e. The third kappa shape index (κ3) is 2.25. The normalized spacial score (nSPS) is 17.2. The Balaban J connectivity index is 2.01. The van der Waals surface area contributed by atoms with Crippen molar-refractivity contribution in [3.05, 3.63) is 22.7 Å². The highest BCUT2D eigenvalue weighted by Crippen LogP contribution is 2.38. The van der Waals surface area contributed by atoms with Crippen LogP contribution in [0.1, 0.15) is 32.2 Å². The van der Waals surface area contributed by atoms with Gasteiger partial charge in [0, 0.05) is 15.7 Å². The van der Waals surface area contributed by atoms with Gasteiger partial charge in [0.1, 0.15) is 0 Å². The van der Waals surface area contributed by atoms with Gasteiger partial charge in [0.05, 0.1) is 6.04 Å². The Hall–Kier alpha value is -1.43. The number of rotatable bonds is 3. The average molecular weight is 322 g/mol. The molecule has 2 N–H and O–H groups in total. The van der Waals surface area contributed by atoms with Crippen molar-refractivity contribution < 1.29 is 0 Å². The molecule has 1 aromatic heterocycles. The Labute approximate surface area is 120 Å². The van der Waals surface area contributed by atoms with Crippen molar-refractivity contribution in [2.45, 2.75) is 32.2 Å². The highest BCUT2D eigenvalue weighted by atomic mass is 79.9. The fourth-order valence-electron chi connectivity index (χ4n) is 2.48. The molecule has 2 aromatic rings. The van der Waals surface area contributed by atoms with Gasteiger partial charge >= 0.3 is 0 Å². The Kier molecular flexibility index (Phi) is 3.26. The van der Waals surface area contributed by atoms with Gasteiger partial charge in [-0.2, -0.15) is 0 Å². The highest BCUT2D eigenvalue weighted by Gasteiger charge is 2.28. The van der Waals surface area contributed by atoms with Crippen LogP contribution >= 0.6 is 15.9 Å². The zero-order chi connectivity index (χ0) is 13.4. The van der Waals surface area contributed by atoms with E-state index >= 15 is 0 Å². The number of benzene rings is 1. The second kappa shape index (κ2) is 4.92. The summed E-state index contributed by atoms with van der Waals surface area (Å²) in [4.78, 5) is 0.